The van der Waals surface area contributed by atoms with Gasteiger partial charge in [-0.1, -0.05) is 0 Å². The molecular weight excluding hydrogens is 214 g/mol. The van der Waals surface area contributed by atoms with Crippen molar-refractivity contribution in [2.24, 2.45) is 0 Å². The van der Waals surface area contributed by atoms with E-state index in [9.17, 15) is 4.79 Å². The molecule has 4 heteroatoms. The quantitative estimate of drug-likeness (QED) is 0.626. The zero-order valence-electron chi connectivity index (χ0n) is 8.95. The molecule has 4 nitrogen and oxygen atoms in total. The van der Waals surface area contributed by atoms with E-state index in [4.69, 9.17) is 0 Å². The molecule has 0 fully saturated rings. The molecule has 1 aromatic carbocycles. The molecule has 3 aromatic rings. The van der Waals surface area contributed by atoms with Crippen molar-refractivity contribution in [3.05, 3.63) is 54.5 Å². The molecule has 2 heterocycles. The van der Waals surface area contributed by atoms with E-state index in [1.54, 1.807) is 24.5 Å². The normalized spacial score (nSPS) is 10.6. The van der Waals surface area contributed by atoms with Crippen molar-refractivity contribution in [3.8, 4) is 5.95 Å². The molecule has 0 saturated carbocycles. The zero-order valence-corrected chi connectivity index (χ0v) is 8.95. The molecule has 0 N–H and O–H groups in total. The maximum Gasteiger partial charge on any atom is 0.234 e. The fraction of sp³-hybridized carbons (Fsp3) is 0. The number of rotatable bonds is 2. The number of carbonyl (C=O) groups is 1. The van der Waals surface area contributed by atoms with E-state index in [0.29, 0.717) is 11.5 Å². The second kappa shape index (κ2) is 3.83. The van der Waals surface area contributed by atoms with Gasteiger partial charge in [0.1, 0.15) is 6.29 Å². The van der Waals surface area contributed by atoms with Crippen LogP contribution < -0.4 is 0 Å². The van der Waals surface area contributed by atoms with Crippen LogP contribution in [0.2, 0.25) is 0 Å². The third kappa shape index (κ3) is 1.59. The van der Waals surface area contributed by atoms with E-state index >= 15 is 0 Å². The summed E-state index contributed by atoms with van der Waals surface area (Å²) in [4.78, 5) is 19.1. The van der Waals surface area contributed by atoms with Gasteiger partial charge < -0.3 is 0 Å². The minimum Gasteiger partial charge on any atom is -0.298 e. The fourth-order valence-electron chi connectivity index (χ4n) is 1.82. The first kappa shape index (κ1) is 9.72. The van der Waals surface area contributed by atoms with Crippen molar-refractivity contribution in [1.82, 2.24) is 14.5 Å². The summed E-state index contributed by atoms with van der Waals surface area (Å²) in [6.07, 6.45) is 6.15. The second-order valence-corrected chi connectivity index (χ2v) is 3.67. The average Bonchev–Trinajstić information content (AvgIpc) is 2.82. The van der Waals surface area contributed by atoms with Crippen molar-refractivity contribution >= 4 is 17.2 Å². The van der Waals surface area contributed by atoms with Crippen LogP contribution in [0.5, 0.6) is 0 Å². The Morgan fingerprint density at radius 3 is 2.71 bits per heavy atom. The van der Waals surface area contributed by atoms with Crippen LogP contribution in [0.4, 0.5) is 0 Å². The maximum atomic E-state index is 10.7. The van der Waals surface area contributed by atoms with E-state index in [1.807, 2.05) is 29.0 Å². The SMILES string of the molecule is O=Cc1ccc2c(ccn2-c2ncccn2)c1. The maximum absolute atomic E-state index is 10.7. The molecule has 0 radical (unpaired) electrons. The third-order valence-corrected chi connectivity index (χ3v) is 2.62. The highest BCUT2D eigenvalue weighted by Crippen LogP contribution is 2.19. The van der Waals surface area contributed by atoms with Gasteiger partial charge in [-0.25, -0.2) is 9.97 Å². The summed E-state index contributed by atoms with van der Waals surface area (Å²) in [5.41, 5.74) is 1.66. The lowest BCUT2D eigenvalue weighted by Crippen LogP contribution is -1.97. The van der Waals surface area contributed by atoms with Gasteiger partial charge in [-0.15, -0.1) is 0 Å². The van der Waals surface area contributed by atoms with Crippen LogP contribution in [0.15, 0.2) is 48.9 Å². The van der Waals surface area contributed by atoms with Crippen LogP contribution in [0.25, 0.3) is 16.9 Å². The molecule has 0 bridgehead atoms. The van der Waals surface area contributed by atoms with Crippen molar-refractivity contribution in [2.75, 3.05) is 0 Å². The van der Waals surface area contributed by atoms with Gasteiger partial charge in [-0.05, 0) is 30.3 Å². The predicted octanol–water partition coefficient (Wildman–Crippen LogP) is 2.23. The van der Waals surface area contributed by atoms with E-state index in [2.05, 4.69) is 9.97 Å². The number of aromatic nitrogens is 3. The fourth-order valence-corrected chi connectivity index (χ4v) is 1.82. The van der Waals surface area contributed by atoms with E-state index in [0.717, 1.165) is 17.2 Å². The number of hydrogen-bond acceptors (Lipinski definition) is 3. The molecule has 0 amide bonds. The lowest BCUT2D eigenvalue weighted by molar-refractivity contribution is 0.112. The highest BCUT2D eigenvalue weighted by atomic mass is 16.1. The van der Waals surface area contributed by atoms with E-state index < -0.39 is 0 Å². The van der Waals surface area contributed by atoms with Crippen LogP contribution in [0.1, 0.15) is 10.4 Å². The number of benzene rings is 1. The van der Waals surface area contributed by atoms with Crippen molar-refractivity contribution < 1.29 is 4.79 Å². The Morgan fingerprint density at radius 1 is 1.12 bits per heavy atom. The number of carbonyl (C=O) groups excluding carboxylic acids is 1. The van der Waals surface area contributed by atoms with Gasteiger partial charge in [0.05, 0.1) is 5.52 Å². The van der Waals surface area contributed by atoms with Gasteiger partial charge in [0.2, 0.25) is 5.95 Å². The molecule has 0 saturated heterocycles. The lowest BCUT2D eigenvalue weighted by Gasteiger charge is -2.02. The molecule has 0 aliphatic rings. The Bertz CT molecular complexity index is 673. The van der Waals surface area contributed by atoms with Gasteiger partial charge >= 0.3 is 0 Å². The smallest absolute Gasteiger partial charge is 0.234 e. The highest BCUT2D eigenvalue weighted by Gasteiger charge is 2.05. The Morgan fingerprint density at radius 2 is 1.94 bits per heavy atom. The van der Waals surface area contributed by atoms with Gasteiger partial charge in [-0.2, -0.15) is 0 Å². The van der Waals surface area contributed by atoms with Crippen molar-refractivity contribution in [3.63, 3.8) is 0 Å². The van der Waals surface area contributed by atoms with Gasteiger partial charge in [0.25, 0.3) is 0 Å². The molecule has 0 unspecified atom stereocenters. The van der Waals surface area contributed by atoms with Gasteiger partial charge in [-0.3, -0.25) is 9.36 Å². The third-order valence-electron chi connectivity index (χ3n) is 2.62. The molecule has 0 atom stereocenters. The zero-order chi connectivity index (χ0) is 11.7. The average molecular weight is 223 g/mol. The summed E-state index contributed by atoms with van der Waals surface area (Å²) < 4.78 is 1.89. The molecule has 82 valence electrons. The Hall–Kier alpha value is -2.49. The first-order valence-corrected chi connectivity index (χ1v) is 5.22. The standard InChI is InChI=1S/C13H9N3O/c17-9-10-2-3-12-11(8-10)4-7-16(12)13-14-5-1-6-15-13/h1-9H. The number of hydrogen-bond donors (Lipinski definition) is 0. The Kier molecular flexibility index (Phi) is 2.19. The number of fused-ring (bicyclic) bond motifs is 1. The summed E-state index contributed by atoms with van der Waals surface area (Å²) in [5.74, 6) is 0.626. The summed E-state index contributed by atoms with van der Waals surface area (Å²) in [7, 11) is 0. The van der Waals surface area contributed by atoms with Crippen molar-refractivity contribution in [2.45, 2.75) is 0 Å². The van der Waals surface area contributed by atoms with Crippen molar-refractivity contribution in [1.29, 1.82) is 0 Å². The Labute approximate surface area is 97.6 Å². The molecular formula is C13H9N3O. The number of nitrogens with zero attached hydrogens (tertiary/aromatic N) is 3. The lowest BCUT2D eigenvalue weighted by atomic mass is 10.2. The van der Waals surface area contributed by atoms with Gasteiger partial charge in [0, 0.05) is 29.5 Å². The molecule has 2 aromatic heterocycles. The minimum atomic E-state index is 0.626. The van der Waals surface area contributed by atoms with Crippen LogP contribution >= 0.6 is 0 Å². The molecule has 0 aliphatic carbocycles. The van der Waals surface area contributed by atoms with Gasteiger partial charge in [0.15, 0.2) is 0 Å². The van der Waals surface area contributed by atoms with Crippen LogP contribution in [-0.4, -0.2) is 20.8 Å². The van der Waals surface area contributed by atoms with Crippen LogP contribution in [-0.2, 0) is 0 Å². The predicted molar refractivity (Wildman–Crippen MR) is 64.3 cm³/mol. The largest absolute Gasteiger partial charge is 0.298 e. The van der Waals surface area contributed by atoms with E-state index in [1.165, 1.54) is 0 Å². The first-order chi connectivity index (χ1) is 8.38. The summed E-state index contributed by atoms with van der Waals surface area (Å²) in [5, 5.41) is 1.00. The first-order valence-electron chi connectivity index (χ1n) is 5.22. The Balaban J connectivity index is 2.22. The highest BCUT2D eigenvalue weighted by molar-refractivity contribution is 5.88. The van der Waals surface area contributed by atoms with Crippen LogP contribution in [0, 0.1) is 0 Å². The van der Waals surface area contributed by atoms with E-state index in [-0.39, 0.29) is 0 Å². The molecule has 3 rings (SSSR count). The van der Waals surface area contributed by atoms with Crippen LogP contribution in [0.3, 0.4) is 0 Å². The summed E-state index contributed by atoms with van der Waals surface area (Å²) in [6, 6.07) is 9.25. The minimum absolute atomic E-state index is 0.626. The summed E-state index contributed by atoms with van der Waals surface area (Å²) in [6.45, 7) is 0. The molecule has 0 spiro atoms. The monoisotopic (exact) mass is 223 g/mol. The second-order valence-electron chi connectivity index (χ2n) is 3.67. The summed E-state index contributed by atoms with van der Waals surface area (Å²) >= 11 is 0. The molecule has 0 aliphatic heterocycles. The number of aldehydes is 1. The molecule has 17 heavy (non-hydrogen) atoms. The topological polar surface area (TPSA) is 47.8 Å².